The van der Waals surface area contributed by atoms with Crippen molar-refractivity contribution >= 4 is 9.73 Å². The van der Waals surface area contributed by atoms with Gasteiger partial charge in [0.15, 0.2) is 0 Å². The summed E-state index contributed by atoms with van der Waals surface area (Å²) in [5.41, 5.74) is 0. The van der Waals surface area contributed by atoms with Gasteiger partial charge in [-0.1, -0.05) is 19.3 Å². The molecule has 0 unspecified atom stereocenters. The largest absolute Gasteiger partial charge is 0.250 e. The van der Waals surface area contributed by atoms with Gasteiger partial charge >= 0.3 is 0 Å². The molecule has 0 aromatic carbocycles. The Morgan fingerprint density at radius 2 is 1.73 bits per heavy atom. The second-order valence-electron chi connectivity index (χ2n) is 3.58. The van der Waals surface area contributed by atoms with E-state index >= 15 is 0 Å². The summed E-state index contributed by atoms with van der Waals surface area (Å²) in [5, 5.41) is 0. The van der Waals surface area contributed by atoms with Gasteiger partial charge in [0.05, 0.1) is 6.04 Å². The van der Waals surface area contributed by atoms with E-state index in [9.17, 15) is 4.21 Å². The van der Waals surface area contributed by atoms with Crippen molar-refractivity contribution in [1.29, 1.82) is 0 Å². The van der Waals surface area contributed by atoms with E-state index in [1.165, 1.54) is 19.3 Å². The van der Waals surface area contributed by atoms with Crippen LogP contribution in [0.3, 0.4) is 0 Å². The Balaban J connectivity index is 2.55. The molecule has 1 aliphatic carbocycles. The van der Waals surface area contributed by atoms with Crippen molar-refractivity contribution in [3.05, 3.63) is 0 Å². The smallest absolute Gasteiger partial charge is 0.0594 e. The highest BCUT2D eigenvalue weighted by Gasteiger charge is 2.12. The summed E-state index contributed by atoms with van der Waals surface area (Å²) in [5.74, 6) is 0. The van der Waals surface area contributed by atoms with Crippen molar-refractivity contribution < 1.29 is 4.21 Å². The first-order valence-electron chi connectivity index (χ1n) is 4.24. The minimum atomic E-state index is -1.85. The second-order valence-corrected chi connectivity index (χ2v) is 6.15. The lowest BCUT2D eigenvalue weighted by Crippen LogP contribution is -2.11. The zero-order chi connectivity index (χ0) is 8.32. The summed E-state index contributed by atoms with van der Waals surface area (Å²) >= 11 is 0. The fourth-order valence-electron chi connectivity index (χ4n) is 1.55. The summed E-state index contributed by atoms with van der Waals surface area (Å²) in [6.07, 6.45) is 9.62. The van der Waals surface area contributed by atoms with Crippen molar-refractivity contribution in [1.82, 2.24) is 0 Å². The summed E-state index contributed by atoms with van der Waals surface area (Å²) in [7, 11) is -1.85. The highest BCUT2D eigenvalue weighted by molar-refractivity contribution is 7.92. The van der Waals surface area contributed by atoms with Crippen LogP contribution in [0.25, 0.3) is 0 Å². The molecule has 1 fully saturated rings. The zero-order valence-corrected chi connectivity index (χ0v) is 8.19. The Bertz CT molecular complexity index is 214. The fraction of sp³-hybridized carbons (Fsp3) is 1.00. The first kappa shape index (κ1) is 9.04. The van der Waals surface area contributed by atoms with E-state index in [4.69, 9.17) is 0 Å². The van der Waals surface area contributed by atoms with Crippen LogP contribution < -0.4 is 0 Å². The van der Waals surface area contributed by atoms with Crippen molar-refractivity contribution in [2.24, 2.45) is 4.36 Å². The standard InChI is InChI=1S/C8H17NOS/c1-11(2,10)9-8-6-4-3-5-7-8/h8H,3-7H2,1-2H3. The minimum Gasteiger partial charge on any atom is -0.250 e. The molecule has 0 heterocycles. The molecule has 0 aromatic heterocycles. The van der Waals surface area contributed by atoms with Gasteiger partial charge in [0.25, 0.3) is 0 Å². The average molecular weight is 175 g/mol. The lowest BCUT2D eigenvalue weighted by molar-refractivity contribution is 0.445. The maximum absolute atomic E-state index is 11.3. The summed E-state index contributed by atoms with van der Waals surface area (Å²) in [6, 6.07) is 0.395. The lowest BCUT2D eigenvalue weighted by atomic mass is 9.97. The SMILES string of the molecule is CS(C)(=O)=NC1CCCCC1. The topological polar surface area (TPSA) is 29.4 Å². The van der Waals surface area contributed by atoms with Crippen molar-refractivity contribution in [3.63, 3.8) is 0 Å². The van der Waals surface area contributed by atoms with Crippen molar-refractivity contribution in [3.8, 4) is 0 Å². The summed E-state index contributed by atoms with van der Waals surface area (Å²) in [4.78, 5) is 0. The molecule has 1 saturated carbocycles. The van der Waals surface area contributed by atoms with Gasteiger partial charge in [0, 0.05) is 22.2 Å². The van der Waals surface area contributed by atoms with E-state index in [1.807, 2.05) is 0 Å². The van der Waals surface area contributed by atoms with E-state index in [1.54, 1.807) is 12.5 Å². The molecular weight excluding hydrogens is 158 g/mol. The van der Waals surface area contributed by atoms with Gasteiger partial charge in [0.2, 0.25) is 0 Å². The quantitative estimate of drug-likeness (QED) is 0.599. The summed E-state index contributed by atoms with van der Waals surface area (Å²) < 4.78 is 15.6. The molecular formula is C8H17NOS. The van der Waals surface area contributed by atoms with E-state index in [2.05, 4.69) is 4.36 Å². The third-order valence-electron chi connectivity index (χ3n) is 1.98. The second kappa shape index (κ2) is 3.57. The van der Waals surface area contributed by atoms with Gasteiger partial charge in [-0.2, -0.15) is 0 Å². The van der Waals surface area contributed by atoms with Gasteiger partial charge in [-0.15, -0.1) is 0 Å². The van der Waals surface area contributed by atoms with Gasteiger partial charge in [0.1, 0.15) is 0 Å². The molecule has 66 valence electrons. The van der Waals surface area contributed by atoms with Crippen LogP contribution in [-0.4, -0.2) is 22.8 Å². The number of nitrogens with zero attached hydrogens (tertiary/aromatic N) is 1. The van der Waals surface area contributed by atoms with E-state index in [0.717, 1.165) is 12.8 Å². The van der Waals surface area contributed by atoms with Crippen LogP contribution >= 0.6 is 0 Å². The van der Waals surface area contributed by atoms with Crippen LogP contribution in [0.1, 0.15) is 32.1 Å². The van der Waals surface area contributed by atoms with Crippen LogP contribution in [-0.2, 0) is 9.73 Å². The molecule has 0 spiro atoms. The zero-order valence-electron chi connectivity index (χ0n) is 7.38. The highest BCUT2D eigenvalue weighted by Crippen LogP contribution is 2.20. The third kappa shape index (κ3) is 3.75. The van der Waals surface area contributed by atoms with Crippen LogP contribution in [0.5, 0.6) is 0 Å². The molecule has 0 bridgehead atoms. The number of rotatable bonds is 1. The van der Waals surface area contributed by atoms with E-state index < -0.39 is 9.73 Å². The molecule has 11 heavy (non-hydrogen) atoms. The monoisotopic (exact) mass is 175 g/mol. The van der Waals surface area contributed by atoms with Crippen molar-refractivity contribution in [2.45, 2.75) is 38.1 Å². The van der Waals surface area contributed by atoms with Crippen molar-refractivity contribution in [2.75, 3.05) is 12.5 Å². The third-order valence-corrected chi connectivity index (χ3v) is 2.78. The number of hydrogen-bond acceptors (Lipinski definition) is 2. The first-order chi connectivity index (χ1) is 5.08. The predicted molar refractivity (Wildman–Crippen MR) is 49.3 cm³/mol. The maximum atomic E-state index is 11.3. The minimum absolute atomic E-state index is 0.395. The van der Waals surface area contributed by atoms with Crippen LogP contribution in [0, 0.1) is 0 Å². The molecule has 0 amide bonds. The molecule has 2 nitrogen and oxygen atoms in total. The molecule has 0 radical (unpaired) electrons. The van der Waals surface area contributed by atoms with Gasteiger partial charge in [-0.25, -0.2) is 4.36 Å². The molecule has 0 atom stereocenters. The molecule has 3 heteroatoms. The van der Waals surface area contributed by atoms with Gasteiger partial charge in [-0.05, 0) is 12.8 Å². The molecule has 0 N–H and O–H groups in total. The molecule has 0 aromatic rings. The Morgan fingerprint density at radius 1 is 1.18 bits per heavy atom. The van der Waals surface area contributed by atoms with Crippen LogP contribution in [0.15, 0.2) is 4.36 Å². The molecule has 0 saturated heterocycles. The molecule has 1 rings (SSSR count). The normalized spacial score (nSPS) is 21.6. The van der Waals surface area contributed by atoms with E-state index in [-0.39, 0.29) is 0 Å². The fourth-order valence-corrected chi connectivity index (χ4v) is 2.47. The van der Waals surface area contributed by atoms with Gasteiger partial charge in [-0.3, -0.25) is 4.21 Å². The first-order valence-corrected chi connectivity index (χ1v) is 6.57. The average Bonchev–Trinajstić information content (AvgIpc) is 1.85. The summed E-state index contributed by atoms with van der Waals surface area (Å²) in [6.45, 7) is 0. The molecule has 0 aliphatic heterocycles. The van der Waals surface area contributed by atoms with Crippen LogP contribution in [0.2, 0.25) is 0 Å². The Morgan fingerprint density at radius 3 is 2.18 bits per heavy atom. The van der Waals surface area contributed by atoms with Gasteiger partial charge < -0.3 is 0 Å². The molecule has 1 aliphatic rings. The highest BCUT2D eigenvalue weighted by atomic mass is 32.2. The lowest BCUT2D eigenvalue weighted by Gasteiger charge is -2.17. The van der Waals surface area contributed by atoms with Crippen LogP contribution in [0.4, 0.5) is 0 Å². The maximum Gasteiger partial charge on any atom is 0.0594 e. The Labute approximate surface area is 69.6 Å². The Kier molecular flexibility index (Phi) is 2.93. The Hall–Kier alpha value is -0.0500. The van der Waals surface area contributed by atoms with E-state index in [0.29, 0.717) is 6.04 Å². The number of hydrogen-bond donors (Lipinski definition) is 0. The predicted octanol–water partition coefficient (Wildman–Crippen LogP) is 2.05.